The van der Waals surface area contributed by atoms with Gasteiger partial charge >= 0.3 is 5.97 Å². The molecule has 5 heteroatoms. The lowest BCUT2D eigenvalue weighted by Crippen LogP contribution is -2.28. The third-order valence-electron chi connectivity index (χ3n) is 6.98. The molecule has 0 spiro atoms. The highest BCUT2D eigenvalue weighted by Crippen LogP contribution is 2.60. The Kier molecular flexibility index (Phi) is 5.00. The van der Waals surface area contributed by atoms with Gasteiger partial charge in [0.25, 0.3) is 0 Å². The topological polar surface area (TPSA) is 46.5 Å². The van der Waals surface area contributed by atoms with Crippen molar-refractivity contribution in [3.8, 4) is 0 Å². The van der Waals surface area contributed by atoms with E-state index in [1.54, 1.807) is 0 Å². The van der Waals surface area contributed by atoms with Gasteiger partial charge in [0, 0.05) is 22.4 Å². The minimum atomic E-state index is -0.683. The standard InChI is InChI=1S/C21H26Cl2O3/c22-15-10-17-14(3-4-16(17)18(23)11-15)12-26-21-8-6-20(13-21,7-9-21)5-1-2-19(24)25/h10-11,14H,1-9,12-13H2,(H,24,25). The normalized spacial score (nSPS) is 32.2. The molecule has 1 aromatic rings. The van der Waals surface area contributed by atoms with Crippen molar-refractivity contribution in [2.45, 2.75) is 75.7 Å². The predicted octanol–water partition coefficient (Wildman–Crippen LogP) is 6.00. The van der Waals surface area contributed by atoms with Gasteiger partial charge < -0.3 is 9.84 Å². The highest BCUT2D eigenvalue weighted by atomic mass is 35.5. The lowest BCUT2D eigenvalue weighted by Gasteiger charge is -2.29. The van der Waals surface area contributed by atoms with Crippen LogP contribution in [-0.2, 0) is 16.0 Å². The summed E-state index contributed by atoms with van der Waals surface area (Å²) in [5.41, 5.74) is 2.86. The van der Waals surface area contributed by atoms with E-state index in [0.717, 1.165) is 56.6 Å². The maximum Gasteiger partial charge on any atom is 0.303 e. The highest BCUT2D eigenvalue weighted by Gasteiger charge is 2.54. The Morgan fingerprint density at radius 1 is 1.23 bits per heavy atom. The first-order valence-electron chi connectivity index (χ1n) is 9.74. The Labute approximate surface area is 165 Å². The smallest absolute Gasteiger partial charge is 0.303 e. The molecule has 3 nitrogen and oxygen atoms in total. The van der Waals surface area contributed by atoms with Crippen molar-refractivity contribution in [1.29, 1.82) is 0 Å². The molecule has 1 unspecified atom stereocenters. The van der Waals surface area contributed by atoms with Gasteiger partial charge in [0.2, 0.25) is 0 Å². The summed E-state index contributed by atoms with van der Waals surface area (Å²) in [6, 6.07) is 3.89. The summed E-state index contributed by atoms with van der Waals surface area (Å²) >= 11 is 12.6. The summed E-state index contributed by atoms with van der Waals surface area (Å²) in [7, 11) is 0. The van der Waals surface area contributed by atoms with Crippen LogP contribution in [0.4, 0.5) is 0 Å². The van der Waals surface area contributed by atoms with Gasteiger partial charge in [-0.25, -0.2) is 0 Å². The lowest BCUT2D eigenvalue weighted by molar-refractivity contribution is -0.137. The first kappa shape index (κ1) is 18.6. The molecule has 0 heterocycles. The van der Waals surface area contributed by atoms with Crippen molar-refractivity contribution in [3.05, 3.63) is 33.3 Å². The van der Waals surface area contributed by atoms with Gasteiger partial charge in [-0.15, -0.1) is 0 Å². The molecule has 0 aliphatic heterocycles. The molecule has 2 fully saturated rings. The molecule has 0 saturated heterocycles. The third-order valence-corrected chi connectivity index (χ3v) is 7.54. The van der Waals surface area contributed by atoms with E-state index in [-0.39, 0.29) is 12.0 Å². The molecular weight excluding hydrogens is 371 g/mol. The van der Waals surface area contributed by atoms with Crippen molar-refractivity contribution in [2.24, 2.45) is 5.41 Å². The SMILES string of the molecule is O=C(O)CCCC12CCC(OCC3CCc4c(Cl)cc(Cl)cc43)(CC1)C2. The summed E-state index contributed by atoms with van der Waals surface area (Å²) in [5, 5.41) is 10.4. The van der Waals surface area contributed by atoms with Crippen molar-refractivity contribution >= 4 is 29.2 Å². The number of ether oxygens (including phenoxy) is 1. The van der Waals surface area contributed by atoms with Gasteiger partial charge in [-0.2, -0.15) is 0 Å². The molecule has 1 N–H and O–H groups in total. The molecule has 142 valence electrons. The van der Waals surface area contributed by atoms with E-state index in [1.165, 1.54) is 24.0 Å². The average Bonchev–Trinajstić information content (AvgIpc) is 3.24. The summed E-state index contributed by atoms with van der Waals surface area (Å²) in [6.45, 7) is 0.745. The molecule has 26 heavy (non-hydrogen) atoms. The van der Waals surface area contributed by atoms with Crippen LogP contribution in [0.1, 0.15) is 74.8 Å². The molecule has 3 aliphatic carbocycles. The van der Waals surface area contributed by atoms with Crippen LogP contribution in [0.15, 0.2) is 12.1 Å². The number of rotatable bonds is 7. The largest absolute Gasteiger partial charge is 0.481 e. The fourth-order valence-electron chi connectivity index (χ4n) is 5.60. The predicted molar refractivity (Wildman–Crippen MR) is 103 cm³/mol. The molecule has 0 aromatic heterocycles. The van der Waals surface area contributed by atoms with E-state index < -0.39 is 5.97 Å². The van der Waals surface area contributed by atoms with Crippen molar-refractivity contribution in [2.75, 3.05) is 6.61 Å². The summed E-state index contributed by atoms with van der Waals surface area (Å²) in [5.74, 6) is -0.296. The van der Waals surface area contributed by atoms with Gasteiger partial charge in [-0.05, 0) is 86.5 Å². The molecule has 1 atom stereocenters. The first-order chi connectivity index (χ1) is 12.4. The highest BCUT2D eigenvalue weighted by molar-refractivity contribution is 6.35. The maximum absolute atomic E-state index is 10.8. The minimum Gasteiger partial charge on any atom is -0.481 e. The van der Waals surface area contributed by atoms with Crippen LogP contribution in [0, 0.1) is 5.41 Å². The molecule has 3 aliphatic rings. The molecule has 1 aromatic carbocycles. The molecular formula is C21H26Cl2O3. The number of halogens is 2. The van der Waals surface area contributed by atoms with Gasteiger partial charge in [0.05, 0.1) is 12.2 Å². The zero-order valence-electron chi connectivity index (χ0n) is 15.0. The second kappa shape index (κ2) is 7.00. The number of carboxylic acids is 1. The fraction of sp³-hybridized carbons (Fsp3) is 0.667. The second-order valence-electron chi connectivity index (χ2n) is 8.61. The third kappa shape index (κ3) is 3.50. The average molecular weight is 397 g/mol. The van der Waals surface area contributed by atoms with Gasteiger partial charge in [0.1, 0.15) is 0 Å². The summed E-state index contributed by atoms with van der Waals surface area (Å²) in [6.07, 6.45) is 9.91. The Morgan fingerprint density at radius 3 is 2.73 bits per heavy atom. The zero-order valence-corrected chi connectivity index (χ0v) is 16.5. The lowest BCUT2D eigenvalue weighted by atomic mass is 9.80. The van der Waals surface area contributed by atoms with Crippen molar-refractivity contribution < 1.29 is 14.6 Å². The number of hydrogen-bond donors (Lipinski definition) is 1. The number of hydrogen-bond acceptors (Lipinski definition) is 2. The number of carboxylic acid groups (broad SMARTS) is 1. The Bertz CT molecular complexity index is 707. The van der Waals surface area contributed by atoms with E-state index in [4.69, 9.17) is 33.0 Å². The van der Waals surface area contributed by atoms with Gasteiger partial charge in [-0.1, -0.05) is 23.2 Å². The minimum absolute atomic E-state index is 0.0222. The monoisotopic (exact) mass is 396 g/mol. The zero-order chi connectivity index (χ0) is 18.4. The number of benzene rings is 1. The van der Waals surface area contributed by atoms with Crippen LogP contribution in [-0.4, -0.2) is 23.3 Å². The van der Waals surface area contributed by atoms with Gasteiger partial charge in [0.15, 0.2) is 0 Å². The van der Waals surface area contributed by atoms with Crippen LogP contribution >= 0.6 is 23.2 Å². The van der Waals surface area contributed by atoms with E-state index in [9.17, 15) is 4.79 Å². The second-order valence-corrected chi connectivity index (χ2v) is 9.45. The van der Waals surface area contributed by atoms with Crippen molar-refractivity contribution in [1.82, 2.24) is 0 Å². The van der Waals surface area contributed by atoms with Gasteiger partial charge in [-0.3, -0.25) is 4.79 Å². The molecule has 4 rings (SSSR count). The quantitative estimate of drug-likeness (QED) is 0.614. The Hall–Kier alpha value is -0.770. The van der Waals surface area contributed by atoms with E-state index >= 15 is 0 Å². The molecule has 2 saturated carbocycles. The van der Waals surface area contributed by atoms with E-state index in [2.05, 4.69) is 6.07 Å². The van der Waals surface area contributed by atoms with Crippen LogP contribution in [0.2, 0.25) is 10.0 Å². The van der Waals surface area contributed by atoms with E-state index in [1.807, 2.05) is 6.07 Å². The first-order valence-corrected chi connectivity index (χ1v) is 10.5. The Morgan fingerprint density at radius 2 is 2.00 bits per heavy atom. The summed E-state index contributed by atoms with van der Waals surface area (Å²) in [4.78, 5) is 10.8. The Balaban J connectivity index is 1.37. The van der Waals surface area contributed by atoms with Crippen LogP contribution in [0.25, 0.3) is 0 Å². The van der Waals surface area contributed by atoms with Crippen LogP contribution in [0.3, 0.4) is 0 Å². The number of fused-ring (bicyclic) bond motifs is 3. The fourth-order valence-corrected chi connectivity index (χ4v) is 6.20. The molecule has 2 bridgehead atoms. The van der Waals surface area contributed by atoms with Crippen LogP contribution in [0.5, 0.6) is 0 Å². The van der Waals surface area contributed by atoms with Crippen molar-refractivity contribution in [3.63, 3.8) is 0 Å². The molecule has 0 radical (unpaired) electrons. The summed E-state index contributed by atoms with van der Waals surface area (Å²) < 4.78 is 6.55. The maximum atomic E-state index is 10.8. The molecule has 0 amide bonds. The van der Waals surface area contributed by atoms with E-state index in [0.29, 0.717) is 16.4 Å². The van der Waals surface area contributed by atoms with Crippen LogP contribution < -0.4 is 0 Å². The number of aliphatic carboxylic acids is 1. The number of carbonyl (C=O) groups is 1.